The second-order valence-corrected chi connectivity index (χ2v) is 4.97. The second-order valence-electron chi connectivity index (χ2n) is 3.94. The second kappa shape index (κ2) is 6.49. The van der Waals surface area contributed by atoms with Crippen LogP contribution in [0.2, 0.25) is 0 Å². The standard InChI is InChI=1S/C12H21N3OS/c1-4-6-15(7-5-2)10-8-9(13)11(17-10)12(16)14-3/h8H,4-7,13H2,1-3H3,(H,14,16). The van der Waals surface area contributed by atoms with E-state index in [1.54, 1.807) is 7.05 Å². The van der Waals surface area contributed by atoms with Crippen molar-refractivity contribution in [2.24, 2.45) is 0 Å². The van der Waals surface area contributed by atoms with Crippen molar-refractivity contribution >= 4 is 27.9 Å². The molecule has 1 rings (SSSR count). The molecule has 0 fully saturated rings. The lowest BCUT2D eigenvalue weighted by Gasteiger charge is -2.21. The van der Waals surface area contributed by atoms with Crippen molar-refractivity contribution in [3.05, 3.63) is 10.9 Å². The molecule has 0 aliphatic carbocycles. The van der Waals surface area contributed by atoms with Crippen molar-refractivity contribution in [3.63, 3.8) is 0 Å². The molecule has 0 bridgehead atoms. The minimum absolute atomic E-state index is 0.105. The van der Waals surface area contributed by atoms with Crippen LogP contribution in [0.4, 0.5) is 10.7 Å². The number of rotatable bonds is 6. The maximum Gasteiger partial charge on any atom is 0.263 e. The number of hydrogen-bond acceptors (Lipinski definition) is 4. The van der Waals surface area contributed by atoms with Crippen molar-refractivity contribution < 1.29 is 4.79 Å². The zero-order valence-electron chi connectivity index (χ0n) is 10.7. The lowest BCUT2D eigenvalue weighted by Crippen LogP contribution is -2.23. The fourth-order valence-electron chi connectivity index (χ4n) is 1.71. The summed E-state index contributed by atoms with van der Waals surface area (Å²) in [5, 5.41) is 3.70. The number of anilines is 2. The zero-order valence-corrected chi connectivity index (χ0v) is 11.6. The van der Waals surface area contributed by atoms with Crippen LogP contribution in [0.25, 0.3) is 0 Å². The van der Waals surface area contributed by atoms with Gasteiger partial charge in [-0.3, -0.25) is 4.79 Å². The molecule has 3 N–H and O–H groups in total. The Morgan fingerprint density at radius 3 is 2.47 bits per heavy atom. The van der Waals surface area contributed by atoms with Gasteiger partial charge in [0.15, 0.2) is 0 Å². The summed E-state index contributed by atoms with van der Waals surface area (Å²) >= 11 is 1.47. The lowest BCUT2D eigenvalue weighted by atomic mass is 10.3. The molecule has 96 valence electrons. The largest absolute Gasteiger partial charge is 0.397 e. The molecule has 4 nitrogen and oxygen atoms in total. The Hall–Kier alpha value is -1.23. The Morgan fingerprint density at radius 2 is 2.00 bits per heavy atom. The molecule has 1 aromatic rings. The number of nitrogen functional groups attached to an aromatic ring is 1. The van der Waals surface area contributed by atoms with Crippen LogP contribution in [-0.2, 0) is 0 Å². The highest BCUT2D eigenvalue weighted by molar-refractivity contribution is 7.18. The Morgan fingerprint density at radius 1 is 1.41 bits per heavy atom. The predicted octanol–water partition coefficient (Wildman–Crippen LogP) is 2.32. The molecule has 0 saturated heterocycles. The lowest BCUT2D eigenvalue weighted by molar-refractivity contribution is 0.0968. The van der Waals surface area contributed by atoms with Gasteiger partial charge in [-0.05, 0) is 18.9 Å². The van der Waals surface area contributed by atoms with E-state index in [1.165, 1.54) is 11.3 Å². The first-order chi connectivity index (χ1) is 8.13. The first kappa shape index (κ1) is 13.8. The summed E-state index contributed by atoms with van der Waals surface area (Å²) in [6.45, 7) is 6.31. The third-order valence-electron chi connectivity index (χ3n) is 2.48. The van der Waals surface area contributed by atoms with Crippen molar-refractivity contribution in [1.29, 1.82) is 0 Å². The van der Waals surface area contributed by atoms with E-state index in [-0.39, 0.29) is 5.91 Å². The van der Waals surface area contributed by atoms with Gasteiger partial charge in [0.2, 0.25) is 0 Å². The van der Waals surface area contributed by atoms with Gasteiger partial charge >= 0.3 is 0 Å². The number of amides is 1. The molecule has 1 amide bonds. The first-order valence-electron chi connectivity index (χ1n) is 6.00. The Labute approximate surface area is 107 Å². The first-order valence-corrected chi connectivity index (χ1v) is 6.82. The van der Waals surface area contributed by atoms with Crippen LogP contribution in [0, 0.1) is 0 Å². The summed E-state index contributed by atoms with van der Waals surface area (Å²) in [5.41, 5.74) is 6.44. The third kappa shape index (κ3) is 3.36. The smallest absolute Gasteiger partial charge is 0.263 e. The predicted molar refractivity (Wildman–Crippen MR) is 74.9 cm³/mol. The van der Waals surface area contributed by atoms with Crippen LogP contribution in [0.5, 0.6) is 0 Å². The van der Waals surface area contributed by atoms with Gasteiger partial charge in [0.05, 0.1) is 10.7 Å². The van der Waals surface area contributed by atoms with E-state index in [9.17, 15) is 4.79 Å². The third-order valence-corrected chi connectivity index (χ3v) is 3.69. The molecular weight excluding hydrogens is 234 g/mol. The highest BCUT2D eigenvalue weighted by Crippen LogP contribution is 2.32. The average Bonchev–Trinajstić information content (AvgIpc) is 2.70. The van der Waals surface area contributed by atoms with Gasteiger partial charge in [0, 0.05) is 20.1 Å². The molecule has 5 heteroatoms. The summed E-state index contributed by atoms with van der Waals surface area (Å²) in [4.78, 5) is 14.5. The summed E-state index contributed by atoms with van der Waals surface area (Å²) in [6, 6.07) is 1.90. The summed E-state index contributed by atoms with van der Waals surface area (Å²) < 4.78 is 0. The van der Waals surface area contributed by atoms with Gasteiger partial charge in [-0.15, -0.1) is 11.3 Å². The Kier molecular flexibility index (Phi) is 5.28. The van der Waals surface area contributed by atoms with Crippen molar-refractivity contribution in [3.8, 4) is 0 Å². The number of nitrogens with zero attached hydrogens (tertiary/aromatic N) is 1. The fraction of sp³-hybridized carbons (Fsp3) is 0.583. The highest BCUT2D eigenvalue weighted by atomic mass is 32.1. The van der Waals surface area contributed by atoms with E-state index in [2.05, 4.69) is 24.1 Å². The van der Waals surface area contributed by atoms with Gasteiger partial charge in [0.25, 0.3) is 5.91 Å². The monoisotopic (exact) mass is 255 g/mol. The molecule has 0 aromatic carbocycles. The Balaban J connectivity index is 2.93. The molecule has 0 aliphatic heterocycles. The van der Waals surface area contributed by atoms with Gasteiger partial charge in [-0.1, -0.05) is 13.8 Å². The van der Waals surface area contributed by atoms with Crippen LogP contribution >= 0.6 is 11.3 Å². The van der Waals surface area contributed by atoms with E-state index in [0.717, 1.165) is 30.9 Å². The number of carbonyl (C=O) groups excluding carboxylic acids is 1. The number of thiophene rings is 1. The molecule has 0 atom stereocenters. The minimum Gasteiger partial charge on any atom is -0.397 e. The number of nitrogens with two attached hydrogens (primary N) is 1. The zero-order chi connectivity index (χ0) is 12.8. The van der Waals surface area contributed by atoms with E-state index in [0.29, 0.717) is 10.6 Å². The van der Waals surface area contributed by atoms with E-state index < -0.39 is 0 Å². The highest BCUT2D eigenvalue weighted by Gasteiger charge is 2.16. The summed E-state index contributed by atoms with van der Waals surface area (Å²) in [7, 11) is 1.62. The maximum atomic E-state index is 11.6. The quantitative estimate of drug-likeness (QED) is 0.820. The van der Waals surface area contributed by atoms with Crippen molar-refractivity contribution in [2.45, 2.75) is 26.7 Å². The molecule has 0 unspecified atom stereocenters. The molecule has 0 radical (unpaired) electrons. The summed E-state index contributed by atoms with van der Waals surface area (Å²) in [5.74, 6) is -0.105. The molecule has 1 heterocycles. The molecule has 17 heavy (non-hydrogen) atoms. The molecule has 1 aromatic heterocycles. The molecule has 0 spiro atoms. The minimum atomic E-state index is -0.105. The number of nitrogens with one attached hydrogen (secondary N) is 1. The number of hydrogen-bond donors (Lipinski definition) is 2. The normalized spacial score (nSPS) is 10.3. The van der Waals surface area contributed by atoms with Crippen LogP contribution in [0.15, 0.2) is 6.07 Å². The van der Waals surface area contributed by atoms with Crippen LogP contribution in [-0.4, -0.2) is 26.0 Å². The van der Waals surface area contributed by atoms with E-state index in [1.807, 2.05) is 6.07 Å². The average molecular weight is 255 g/mol. The van der Waals surface area contributed by atoms with E-state index in [4.69, 9.17) is 5.73 Å². The van der Waals surface area contributed by atoms with Crippen molar-refractivity contribution in [1.82, 2.24) is 5.32 Å². The maximum absolute atomic E-state index is 11.6. The van der Waals surface area contributed by atoms with Gasteiger partial charge in [0.1, 0.15) is 4.88 Å². The van der Waals surface area contributed by atoms with Gasteiger partial charge in [-0.25, -0.2) is 0 Å². The van der Waals surface area contributed by atoms with Crippen LogP contribution in [0.3, 0.4) is 0 Å². The molecular formula is C12H21N3OS. The molecule has 0 saturated carbocycles. The van der Waals surface area contributed by atoms with Crippen LogP contribution < -0.4 is 16.0 Å². The van der Waals surface area contributed by atoms with Gasteiger partial charge < -0.3 is 16.0 Å². The van der Waals surface area contributed by atoms with Crippen molar-refractivity contribution in [2.75, 3.05) is 30.8 Å². The topological polar surface area (TPSA) is 58.4 Å². The van der Waals surface area contributed by atoms with Gasteiger partial charge in [-0.2, -0.15) is 0 Å². The number of carbonyl (C=O) groups is 1. The van der Waals surface area contributed by atoms with E-state index >= 15 is 0 Å². The SMILES string of the molecule is CCCN(CCC)c1cc(N)c(C(=O)NC)s1. The summed E-state index contributed by atoms with van der Waals surface area (Å²) in [6.07, 6.45) is 2.18. The van der Waals surface area contributed by atoms with Crippen LogP contribution in [0.1, 0.15) is 36.4 Å². The fourth-order valence-corrected chi connectivity index (χ4v) is 2.79. The Bertz CT molecular complexity index is 370. The molecule has 0 aliphatic rings.